The van der Waals surface area contributed by atoms with Gasteiger partial charge in [0.25, 0.3) is 0 Å². The van der Waals surface area contributed by atoms with Gasteiger partial charge in [0.1, 0.15) is 11.3 Å². The van der Waals surface area contributed by atoms with Gasteiger partial charge in [-0.15, -0.1) is 0 Å². The third-order valence-corrected chi connectivity index (χ3v) is 4.36. The van der Waals surface area contributed by atoms with Crippen LogP contribution >= 0.6 is 0 Å². The summed E-state index contributed by atoms with van der Waals surface area (Å²) < 4.78 is 15.7. The number of carbonyl (C=O) groups is 2. The first-order valence-corrected chi connectivity index (χ1v) is 8.36. The molecule has 0 unspecified atom stereocenters. The maximum absolute atomic E-state index is 12.6. The summed E-state index contributed by atoms with van der Waals surface area (Å²) in [6.07, 6.45) is 1.58. The van der Waals surface area contributed by atoms with Gasteiger partial charge >= 0.3 is 6.09 Å². The molecule has 0 atom stereocenters. The van der Waals surface area contributed by atoms with Crippen LogP contribution in [0.1, 0.15) is 12.5 Å². The van der Waals surface area contributed by atoms with Gasteiger partial charge in [0, 0.05) is 43.2 Å². The number of amides is 2. The zero-order chi connectivity index (χ0) is 17.8. The Kier molecular flexibility index (Phi) is 5.11. The van der Waals surface area contributed by atoms with Gasteiger partial charge in [-0.3, -0.25) is 4.79 Å². The molecule has 1 aromatic carbocycles. The van der Waals surface area contributed by atoms with Crippen LogP contribution in [0.4, 0.5) is 4.79 Å². The number of benzene rings is 1. The van der Waals surface area contributed by atoms with E-state index < -0.39 is 0 Å². The molecule has 0 bridgehead atoms. The van der Waals surface area contributed by atoms with Crippen molar-refractivity contribution in [1.29, 1.82) is 0 Å². The molecule has 7 heteroatoms. The topological polar surface area (TPSA) is 72.2 Å². The van der Waals surface area contributed by atoms with Crippen molar-refractivity contribution < 1.29 is 23.5 Å². The molecule has 3 rings (SSSR count). The second-order valence-corrected chi connectivity index (χ2v) is 5.87. The molecule has 1 aromatic heterocycles. The first-order valence-electron chi connectivity index (χ1n) is 8.36. The van der Waals surface area contributed by atoms with Crippen molar-refractivity contribution in [3.8, 4) is 5.75 Å². The molecule has 0 saturated carbocycles. The largest absolute Gasteiger partial charge is 0.497 e. The zero-order valence-electron chi connectivity index (χ0n) is 14.5. The molecule has 2 heterocycles. The average molecular weight is 346 g/mol. The third-order valence-electron chi connectivity index (χ3n) is 4.36. The summed E-state index contributed by atoms with van der Waals surface area (Å²) in [6.45, 7) is 4.16. The summed E-state index contributed by atoms with van der Waals surface area (Å²) in [7, 11) is 1.60. The van der Waals surface area contributed by atoms with E-state index in [1.54, 1.807) is 36.2 Å². The number of hydrogen-bond donors (Lipinski definition) is 0. The van der Waals surface area contributed by atoms with Crippen molar-refractivity contribution in [2.24, 2.45) is 0 Å². The van der Waals surface area contributed by atoms with Gasteiger partial charge in [-0.2, -0.15) is 0 Å². The summed E-state index contributed by atoms with van der Waals surface area (Å²) >= 11 is 0. The lowest BCUT2D eigenvalue weighted by molar-refractivity contribution is -0.132. The highest BCUT2D eigenvalue weighted by molar-refractivity contribution is 5.88. The van der Waals surface area contributed by atoms with Gasteiger partial charge in [-0.05, 0) is 19.1 Å². The van der Waals surface area contributed by atoms with Crippen molar-refractivity contribution in [1.82, 2.24) is 9.80 Å². The Morgan fingerprint density at radius 1 is 1.16 bits per heavy atom. The first-order chi connectivity index (χ1) is 12.1. The van der Waals surface area contributed by atoms with Crippen molar-refractivity contribution in [3.63, 3.8) is 0 Å². The van der Waals surface area contributed by atoms with E-state index in [0.717, 1.165) is 16.7 Å². The van der Waals surface area contributed by atoms with E-state index in [-0.39, 0.29) is 18.4 Å². The second kappa shape index (κ2) is 7.46. The summed E-state index contributed by atoms with van der Waals surface area (Å²) in [5.74, 6) is 0.747. The van der Waals surface area contributed by atoms with Crippen molar-refractivity contribution >= 4 is 23.0 Å². The van der Waals surface area contributed by atoms with Gasteiger partial charge in [-0.25, -0.2) is 4.79 Å². The average Bonchev–Trinajstić information content (AvgIpc) is 3.04. The molecule has 1 saturated heterocycles. The van der Waals surface area contributed by atoms with Crippen LogP contribution in [0.5, 0.6) is 5.75 Å². The third kappa shape index (κ3) is 3.70. The Labute approximate surface area is 146 Å². The minimum Gasteiger partial charge on any atom is -0.497 e. The predicted octanol–water partition coefficient (Wildman–Crippen LogP) is 2.28. The number of nitrogens with zero attached hydrogens (tertiary/aromatic N) is 2. The van der Waals surface area contributed by atoms with Crippen LogP contribution in [0.15, 0.2) is 28.9 Å². The Bertz CT molecular complexity index is 762. The second-order valence-electron chi connectivity index (χ2n) is 5.87. The highest BCUT2D eigenvalue weighted by Gasteiger charge is 2.25. The number of carbonyl (C=O) groups excluding carboxylic acids is 2. The predicted molar refractivity (Wildman–Crippen MR) is 91.6 cm³/mol. The van der Waals surface area contributed by atoms with Crippen LogP contribution in [-0.4, -0.2) is 61.7 Å². The molecule has 0 aliphatic carbocycles. The number of hydrogen-bond acceptors (Lipinski definition) is 5. The molecule has 0 radical (unpaired) electrons. The molecule has 1 fully saturated rings. The fraction of sp³-hybridized carbons (Fsp3) is 0.444. The maximum Gasteiger partial charge on any atom is 0.409 e. The van der Waals surface area contributed by atoms with Crippen LogP contribution in [0.2, 0.25) is 0 Å². The highest BCUT2D eigenvalue weighted by Crippen LogP contribution is 2.26. The summed E-state index contributed by atoms with van der Waals surface area (Å²) in [6, 6.07) is 5.56. The van der Waals surface area contributed by atoms with Crippen LogP contribution in [0.3, 0.4) is 0 Å². The number of piperazine rings is 1. The minimum atomic E-state index is -0.315. The monoisotopic (exact) mass is 346 g/mol. The van der Waals surface area contributed by atoms with Crippen LogP contribution < -0.4 is 4.74 Å². The number of methoxy groups -OCH3 is 1. The molecule has 25 heavy (non-hydrogen) atoms. The quantitative estimate of drug-likeness (QED) is 0.849. The molecular weight excluding hydrogens is 324 g/mol. The molecule has 2 aromatic rings. The van der Waals surface area contributed by atoms with Crippen molar-refractivity contribution in [3.05, 3.63) is 30.0 Å². The number of fused-ring (bicyclic) bond motifs is 1. The van der Waals surface area contributed by atoms with E-state index in [4.69, 9.17) is 13.9 Å². The standard InChI is InChI=1S/C18H22N2O5/c1-3-24-18(22)20-8-6-19(7-9-20)17(21)10-13-12-25-16-11-14(23-2)4-5-15(13)16/h4-5,11-12H,3,6-10H2,1-2H3. The van der Waals surface area contributed by atoms with E-state index in [9.17, 15) is 9.59 Å². The fourth-order valence-corrected chi connectivity index (χ4v) is 2.96. The molecule has 0 spiro atoms. The van der Waals surface area contributed by atoms with Gasteiger partial charge in [0.05, 0.1) is 26.4 Å². The Hall–Kier alpha value is -2.70. The fourth-order valence-electron chi connectivity index (χ4n) is 2.96. The van der Waals surface area contributed by atoms with Crippen LogP contribution in [0.25, 0.3) is 11.0 Å². The van der Waals surface area contributed by atoms with Crippen LogP contribution in [0, 0.1) is 0 Å². The molecule has 0 N–H and O–H groups in total. The van der Waals surface area contributed by atoms with E-state index in [2.05, 4.69) is 0 Å². The minimum absolute atomic E-state index is 0.0297. The normalized spacial score (nSPS) is 14.6. The van der Waals surface area contributed by atoms with E-state index in [1.807, 2.05) is 12.1 Å². The highest BCUT2D eigenvalue weighted by atomic mass is 16.6. The van der Waals surface area contributed by atoms with Gasteiger partial charge in [0.15, 0.2) is 0 Å². The molecule has 1 aliphatic rings. The number of rotatable bonds is 4. The Morgan fingerprint density at radius 3 is 2.56 bits per heavy atom. The lowest BCUT2D eigenvalue weighted by Crippen LogP contribution is -2.51. The van der Waals surface area contributed by atoms with Crippen LogP contribution in [-0.2, 0) is 16.0 Å². The lowest BCUT2D eigenvalue weighted by atomic mass is 10.1. The SMILES string of the molecule is CCOC(=O)N1CCN(C(=O)Cc2coc3cc(OC)ccc23)CC1. The first kappa shape index (κ1) is 17.1. The molecule has 7 nitrogen and oxygen atoms in total. The van der Waals surface area contributed by atoms with E-state index >= 15 is 0 Å². The molecule has 134 valence electrons. The van der Waals surface area contributed by atoms with Crippen molar-refractivity contribution in [2.75, 3.05) is 39.9 Å². The molecule has 2 amide bonds. The molecule has 1 aliphatic heterocycles. The Morgan fingerprint density at radius 2 is 1.88 bits per heavy atom. The summed E-state index contributed by atoms with van der Waals surface area (Å²) in [5, 5.41) is 0.916. The maximum atomic E-state index is 12.6. The van der Waals surface area contributed by atoms with E-state index in [0.29, 0.717) is 38.4 Å². The van der Waals surface area contributed by atoms with E-state index in [1.165, 1.54) is 0 Å². The molecular formula is C18H22N2O5. The van der Waals surface area contributed by atoms with Crippen molar-refractivity contribution in [2.45, 2.75) is 13.3 Å². The zero-order valence-corrected chi connectivity index (χ0v) is 14.5. The Balaban J connectivity index is 1.61. The summed E-state index contributed by atoms with van der Waals surface area (Å²) in [4.78, 5) is 27.7. The smallest absolute Gasteiger partial charge is 0.409 e. The van der Waals surface area contributed by atoms with Gasteiger partial charge < -0.3 is 23.7 Å². The van der Waals surface area contributed by atoms with Gasteiger partial charge in [0.2, 0.25) is 5.91 Å². The number of furan rings is 1. The van der Waals surface area contributed by atoms with Gasteiger partial charge in [-0.1, -0.05) is 0 Å². The lowest BCUT2D eigenvalue weighted by Gasteiger charge is -2.34. The summed E-state index contributed by atoms with van der Waals surface area (Å²) in [5.41, 5.74) is 1.56. The number of ether oxygens (including phenoxy) is 2.